The van der Waals surface area contributed by atoms with Crippen LogP contribution in [0.1, 0.15) is 40.7 Å². The third-order valence-corrected chi connectivity index (χ3v) is 5.36. The van der Waals surface area contributed by atoms with Crippen molar-refractivity contribution in [3.63, 3.8) is 0 Å². The molecule has 2 aromatic carbocycles. The van der Waals surface area contributed by atoms with Crippen molar-refractivity contribution >= 4 is 5.71 Å². The summed E-state index contributed by atoms with van der Waals surface area (Å²) in [6.07, 6.45) is -0.158. The first-order valence-corrected chi connectivity index (χ1v) is 9.32. The molecule has 0 spiro atoms. The lowest BCUT2D eigenvalue weighted by molar-refractivity contribution is 0.0899. The number of fused-ring (bicyclic) bond motifs is 1. The first-order valence-electron chi connectivity index (χ1n) is 9.32. The molecule has 2 aliphatic rings. The Balaban J connectivity index is 1.90. The summed E-state index contributed by atoms with van der Waals surface area (Å²) in [5.41, 5.74) is 6.48. The van der Waals surface area contributed by atoms with Crippen LogP contribution in [-0.2, 0) is 4.84 Å². The Morgan fingerprint density at radius 1 is 0.964 bits per heavy atom. The van der Waals surface area contributed by atoms with Gasteiger partial charge in [0.15, 0.2) is 11.5 Å². The molecule has 0 bridgehead atoms. The first-order chi connectivity index (χ1) is 13.5. The summed E-state index contributed by atoms with van der Waals surface area (Å²) in [6, 6.07) is 6.29. The second-order valence-corrected chi connectivity index (χ2v) is 7.30. The maximum absolute atomic E-state index is 5.75. The van der Waals surface area contributed by atoms with Gasteiger partial charge in [0, 0.05) is 11.1 Å². The molecule has 0 aliphatic carbocycles. The SMILES string of the molecule is COc1c([C@@H]2C(c3c(C)cc(C)cc3C)=NO[C@H]2C)cc2c(c1OC)OCO2. The highest BCUT2D eigenvalue weighted by Crippen LogP contribution is 2.52. The average Bonchev–Trinajstić information content (AvgIpc) is 3.25. The minimum absolute atomic E-state index is 0.126. The zero-order valence-corrected chi connectivity index (χ0v) is 17.1. The van der Waals surface area contributed by atoms with Gasteiger partial charge in [-0.3, -0.25) is 0 Å². The molecule has 0 saturated carbocycles. The summed E-state index contributed by atoms with van der Waals surface area (Å²) >= 11 is 0. The van der Waals surface area contributed by atoms with Gasteiger partial charge in [-0.05, 0) is 44.9 Å². The Morgan fingerprint density at radius 3 is 2.29 bits per heavy atom. The fraction of sp³-hybridized carbons (Fsp3) is 0.409. The number of aryl methyl sites for hydroxylation is 3. The van der Waals surface area contributed by atoms with Gasteiger partial charge < -0.3 is 23.8 Å². The molecule has 2 aromatic rings. The van der Waals surface area contributed by atoms with Crippen LogP contribution in [-0.4, -0.2) is 32.8 Å². The van der Waals surface area contributed by atoms with Crippen LogP contribution in [0.4, 0.5) is 0 Å². The van der Waals surface area contributed by atoms with Gasteiger partial charge in [0.05, 0.1) is 25.8 Å². The molecule has 6 heteroatoms. The van der Waals surface area contributed by atoms with E-state index in [-0.39, 0.29) is 18.8 Å². The molecule has 4 rings (SSSR count). The fourth-order valence-electron chi connectivity index (χ4n) is 4.31. The van der Waals surface area contributed by atoms with Crippen LogP contribution >= 0.6 is 0 Å². The Kier molecular flexibility index (Phi) is 4.57. The quantitative estimate of drug-likeness (QED) is 0.789. The zero-order chi connectivity index (χ0) is 20.0. The number of benzene rings is 2. The van der Waals surface area contributed by atoms with E-state index >= 15 is 0 Å². The van der Waals surface area contributed by atoms with Gasteiger partial charge in [-0.25, -0.2) is 0 Å². The predicted octanol–water partition coefficient (Wildman–Crippen LogP) is 4.26. The van der Waals surface area contributed by atoms with Gasteiger partial charge in [0.2, 0.25) is 18.3 Å². The molecule has 0 N–H and O–H groups in total. The third-order valence-electron chi connectivity index (χ3n) is 5.36. The van der Waals surface area contributed by atoms with E-state index in [1.807, 2.05) is 13.0 Å². The molecule has 0 fully saturated rings. The zero-order valence-electron chi connectivity index (χ0n) is 17.1. The summed E-state index contributed by atoms with van der Waals surface area (Å²) in [5, 5.41) is 4.47. The molecule has 0 aromatic heterocycles. The lowest BCUT2D eigenvalue weighted by Gasteiger charge is -2.22. The van der Waals surface area contributed by atoms with Crippen molar-refractivity contribution in [2.75, 3.05) is 21.0 Å². The summed E-state index contributed by atoms with van der Waals surface area (Å²) < 4.78 is 22.6. The second kappa shape index (κ2) is 6.93. The Labute approximate surface area is 165 Å². The molecule has 2 atom stereocenters. The van der Waals surface area contributed by atoms with Crippen molar-refractivity contribution in [1.82, 2.24) is 0 Å². The first kappa shape index (κ1) is 18.5. The van der Waals surface area contributed by atoms with Crippen LogP contribution in [0.3, 0.4) is 0 Å². The number of rotatable bonds is 4. The topological polar surface area (TPSA) is 58.5 Å². The average molecular weight is 383 g/mol. The van der Waals surface area contributed by atoms with Crippen LogP contribution in [0.2, 0.25) is 0 Å². The minimum atomic E-state index is -0.158. The highest BCUT2D eigenvalue weighted by molar-refractivity contribution is 6.08. The molecular formula is C22H25NO5. The van der Waals surface area contributed by atoms with E-state index in [1.54, 1.807) is 14.2 Å². The standard InChI is InChI=1S/C22H25NO5/c1-11-7-12(2)17(13(3)8-11)19-18(14(4)28-23-19)15-9-16-21(27-10-26-16)22(25-6)20(15)24-5/h7-9,14,18H,10H2,1-6H3/t14-,18+/m0/s1. The third kappa shape index (κ3) is 2.75. The van der Waals surface area contributed by atoms with Crippen LogP contribution < -0.4 is 18.9 Å². The number of oxime groups is 1. The molecule has 0 radical (unpaired) electrons. The molecule has 2 aliphatic heterocycles. The van der Waals surface area contributed by atoms with Gasteiger partial charge in [0.25, 0.3) is 0 Å². The van der Waals surface area contributed by atoms with Gasteiger partial charge >= 0.3 is 0 Å². The van der Waals surface area contributed by atoms with Crippen molar-refractivity contribution in [2.24, 2.45) is 5.16 Å². The molecule has 6 nitrogen and oxygen atoms in total. The van der Waals surface area contributed by atoms with Gasteiger partial charge in [0.1, 0.15) is 6.10 Å². The Bertz CT molecular complexity index is 943. The highest BCUT2D eigenvalue weighted by Gasteiger charge is 2.39. The number of hydrogen-bond donors (Lipinski definition) is 0. The maximum atomic E-state index is 5.75. The minimum Gasteiger partial charge on any atom is -0.492 e. The lowest BCUT2D eigenvalue weighted by atomic mass is 9.82. The second-order valence-electron chi connectivity index (χ2n) is 7.30. The van der Waals surface area contributed by atoms with Crippen LogP contribution in [0, 0.1) is 20.8 Å². The highest BCUT2D eigenvalue weighted by atomic mass is 16.7. The molecule has 148 valence electrons. The van der Waals surface area contributed by atoms with Crippen molar-refractivity contribution in [3.8, 4) is 23.0 Å². The van der Waals surface area contributed by atoms with E-state index in [0.717, 1.165) is 16.8 Å². The van der Waals surface area contributed by atoms with Gasteiger partial charge in [-0.15, -0.1) is 0 Å². The number of methoxy groups -OCH3 is 2. The molecule has 0 amide bonds. The van der Waals surface area contributed by atoms with Crippen LogP contribution in [0.5, 0.6) is 23.0 Å². The van der Waals surface area contributed by atoms with E-state index in [0.29, 0.717) is 23.0 Å². The summed E-state index contributed by atoms with van der Waals surface area (Å²) in [6.45, 7) is 8.48. The van der Waals surface area contributed by atoms with Crippen molar-refractivity contribution < 1.29 is 23.8 Å². The van der Waals surface area contributed by atoms with E-state index in [9.17, 15) is 0 Å². The monoisotopic (exact) mass is 383 g/mol. The predicted molar refractivity (Wildman–Crippen MR) is 106 cm³/mol. The Morgan fingerprint density at radius 2 is 1.64 bits per heavy atom. The van der Waals surface area contributed by atoms with E-state index in [4.69, 9.17) is 23.8 Å². The molecule has 2 heterocycles. The van der Waals surface area contributed by atoms with E-state index in [2.05, 4.69) is 38.1 Å². The van der Waals surface area contributed by atoms with Crippen molar-refractivity contribution in [2.45, 2.75) is 39.7 Å². The summed E-state index contributed by atoms with van der Waals surface area (Å²) in [5.74, 6) is 2.23. The molecule has 0 unspecified atom stereocenters. The lowest BCUT2D eigenvalue weighted by Crippen LogP contribution is -2.22. The number of nitrogens with zero attached hydrogens (tertiary/aromatic N) is 1. The smallest absolute Gasteiger partial charge is 0.231 e. The maximum Gasteiger partial charge on any atom is 0.231 e. The van der Waals surface area contributed by atoms with E-state index < -0.39 is 0 Å². The van der Waals surface area contributed by atoms with Gasteiger partial charge in [-0.2, -0.15) is 0 Å². The molecule has 0 saturated heterocycles. The largest absolute Gasteiger partial charge is 0.492 e. The molecule has 28 heavy (non-hydrogen) atoms. The Hall–Kier alpha value is -2.89. The fourth-order valence-corrected chi connectivity index (χ4v) is 4.31. The van der Waals surface area contributed by atoms with Crippen LogP contribution in [0.15, 0.2) is 23.4 Å². The van der Waals surface area contributed by atoms with E-state index in [1.165, 1.54) is 16.7 Å². The molecular weight excluding hydrogens is 358 g/mol. The van der Waals surface area contributed by atoms with Gasteiger partial charge in [-0.1, -0.05) is 22.9 Å². The number of ether oxygens (including phenoxy) is 4. The number of hydrogen-bond acceptors (Lipinski definition) is 6. The summed E-state index contributed by atoms with van der Waals surface area (Å²) in [7, 11) is 3.23. The normalized spacial score (nSPS) is 20.0. The van der Waals surface area contributed by atoms with Crippen LogP contribution in [0.25, 0.3) is 0 Å². The summed E-state index contributed by atoms with van der Waals surface area (Å²) in [4.78, 5) is 5.74. The van der Waals surface area contributed by atoms with Crippen molar-refractivity contribution in [3.05, 3.63) is 46.0 Å². The van der Waals surface area contributed by atoms with Crippen molar-refractivity contribution in [1.29, 1.82) is 0 Å².